The van der Waals surface area contributed by atoms with E-state index in [2.05, 4.69) is 29.5 Å². The van der Waals surface area contributed by atoms with E-state index in [1.807, 2.05) is 12.1 Å². The number of amides is 1. The van der Waals surface area contributed by atoms with Crippen molar-refractivity contribution >= 4 is 5.91 Å². The van der Waals surface area contributed by atoms with Crippen LogP contribution >= 0.6 is 0 Å². The molecule has 0 spiro atoms. The molecule has 17 heavy (non-hydrogen) atoms. The molecule has 1 unspecified atom stereocenters. The Morgan fingerprint density at radius 1 is 1.35 bits per heavy atom. The number of hydrogen-bond donors (Lipinski definition) is 2. The van der Waals surface area contributed by atoms with Crippen molar-refractivity contribution in [2.45, 2.75) is 32.9 Å². The number of nitrogens with one attached hydrogen (secondary N) is 2. The average molecular weight is 235 g/mol. The maximum Gasteiger partial charge on any atom is 0.236 e. The Hall–Kier alpha value is -1.42. The van der Waals surface area contributed by atoms with Crippen molar-refractivity contribution in [3.63, 3.8) is 0 Å². The fourth-order valence-corrected chi connectivity index (χ4v) is 1.67. The van der Waals surface area contributed by atoms with E-state index < -0.39 is 0 Å². The number of aromatic nitrogens is 1. The number of hydrogen-bond acceptors (Lipinski definition) is 3. The predicted molar refractivity (Wildman–Crippen MR) is 68.4 cm³/mol. The Balaban J connectivity index is 2.52. The van der Waals surface area contributed by atoms with Crippen LogP contribution in [0.2, 0.25) is 0 Å². The minimum absolute atomic E-state index is 0.0488. The average Bonchev–Trinajstić information content (AvgIpc) is 2.34. The first-order chi connectivity index (χ1) is 8.13. The van der Waals surface area contributed by atoms with Gasteiger partial charge in [-0.1, -0.05) is 13.8 Å². The van der Waals surface area contributed by atoms with Crippen molar-refractivity contribution in [1.29, 1.82) is 0 Å². The summed E-state index contributed by atoms with van der Waals surface area (Å²) < 4.78 is 0. The molecule has 0 aliphatic carbocycles. The van der Waals surface area contributed by atoms with Gasteiger partial charge < -0.3 is 10.6 Å². The molecule has 0 saturated heterocycles. The van der Waals surface area contributed by atoms with Gasteiger partial charge in [0.25, 0.3) is 0 Å². The molecule has 0 aliphatic rings. The topological polar surface area (TPSA) is 54.0 Å². The van der Waals surface area contributed by atoms with E-state index in [1.54, 1.807) is 19.4 Å². The fraction of sp³-hybridized carbons (Fsp3) is 0.538. The van der Waals surface area contributed by atoms with Crippen LogP contribution in [0.3, 0.4) is 0 Å². The molecular weight excluding hydrogens is 214 g/mol. The van der Waals surface area contributed by atoms with Crippen LogP contribution in [-0.2, 0) is 11.3 Å². The third-order valence-electron chi connectivity index (χ3n) is 2.57. The van der Waals surface area contributed by atoms with Crippen LogP contribution < -0.4 is 10.6 Å². The van der Waals surface area contributed by atoms with E-state index in [-0.39, 0.29) is 11.9 Å². The molecule has 1 atom stereocenters. The minimum Gasteiger partial charge on any atom is -0.358 e. The summed E-state index contributed by atoms with van der Waals surface area (Å²) in [5, 5.41) is 5.97. The minimum atomic E-state index is -0.131. The van der Waals surface area contributed by atoms with Crippen molar-refractivity contribution in [2.24, 2.45) is 5.92 Å². The number of pyridine rings is 1. The van der Waals surface area contributed by atoms with Gasteiger partial charge in [0.2, 0.25) is 5.91 Å². The summed E-state index contributed by atoms with van der Waals surface area (Å²) in [4.78, 5) is 15.6. The third-order valence-corrected chi connectivity index (χ3v) is 2.57. The summed E-state index contributed by atoms with van der Waals surface area (Å²) in [7, 11) is 1.67. The zero-order valence-corrected chi connectivity index (χ0v) is 10.7. The van der Waals surface area contributed by atoms with Crippen molar-refractivity contribution in [1.82, 2.24) is 15.6 Å². The van der Waals surface area contributed by atoms with Gasteiger partial charge in [-0.3, -0.25) is 9.78 Å². The van der Waals surface area contributed by atoms with E-state index in [4.69, 9.17) is 0 Å². The Bertz CT molecular complexity index is 338. The van der Waals surface area contributed by atoms with Crippen LogP contribution in [0.1, 0.15) is 25.8 Å². The van der Waals surface area contributed by atoms with E-state index >= 15 is 0 Å². The lowest BCUT2D eigenvalue weighted by Gasteiger charge is -2.19. The van der Waals surface area contributed by atoms with Crippen molar-refractivity contribution in [3.05, 3.63) is 30.1 Å². The molecule has 1 amide bonds. The molecule has 2 N–H and O–H groups in total. The monoisotopic (exact) mass is 235 g/mol. The van der Waals surface area contributed by atoms with Crippen LogP contribution in [0.25, 0.3) is 0 Å². The summed E-state index contributed by atoms with van der Waals surface area (Å²) in [5.74, 6) is 0.537. The second kappa shape index (κ2) is 7.01. The molecule has 1 heterocycles. The van der Waals surface area contributed by atoms with E-state index in [1.165, 1.54) is 0 Å². The second-order valence-electron chi connectivity index (χ2n) is 4.53. The molecule has 0 aliphatic heterocycles. The second-order valence-corrected chi connectivity index (χ2v) is 4.53. The molecular formula is C13H21N3O. The van der Waals surface area contributed by atoms with Gasteiger partial charge in [0.05, 0.1) is 6.04 Å². The molecule has 4 heteroatoms. The first-order valence-corrected chi connectivity index (χ1v) is 5.97. The van der Waals surface area contributed by atoms with Gasteiger partial charge in [-0.05, 0) is 30.0 Å². The zero-order chi connectivity index (χ0) is 12.7. The molecule has 1 aromatic heterocycles. The van der Waals surface area contributed by atoms with Gasteiger partial charge in [0.1, 0.15) is 0 Å². The quantitative estimate of drug-likeness (QED) is 0.782. The fourth-order valence-electron chi connectivity index (χ4n) is 1.67. The van der Waals surface area contributed by atoms with E-state index in [0.717, 1.165) is 12.0 Å². The lowest BCUT2D eigenvalue weighted by atomic mass is 10.0. The first-order valence-electron chi connectivity index (χ1n) is 5.97. The highest BCUT2D eigenvalue weighted by molar-refractivity contribution is 5.81. The number of carbonyl (C=O) groups excluding carboxylic acids is 1. The molecule has 1 rings (SSSR count). The lowest BCUT2D eigenvalue weighted by Crippen LogP contribution is -2.43. The number of carbonyl (C=O) groups is 1. The predicted octanol–water partition coefficient (Wildman–Crippen LogP) is 1.33. The molecule has 0 saturated carbocycles. The molecule has 0 radical (unpaired) electrons. The number of rotatable bonds is 6. The number of nitrogens with zero attached hydrogens (tertiary/aromatic N) is 1. The van der Waals surface area contributed by atoms with Crippen molar-refractivity contribution in [3.8, 4) is 0 Å². The largest absolute Gasteiger partial charge is 0.358 e. The zero-order valence-electron chi connectivity index (χ0n) is 10.7. The van der Waals surface area contributed by atoms with Crippen LogP contribution in [0.4, 0.5) is 0 Å². The summed E-state index contributed by atoms with van der Waals surface area (Å²) in [6, 6.07) is 3.76. The Morgan fingerprint density at radius 2 is 2.00 bits per heavy atom. The van der Waals surface area contributed by atoms with Gasteiger partial charge in [0, 0.05) is 26.0 Å². The molecule has 1 aromatic rings. The number of likely N-dealkylation sites (N-methyl/N-ethyl adjacent to an activating group) is 1. The van der Waals surface area contributed by atoms with Crippen LogP contribution in [0.5, 0.6) is 0 Å². The molecule has 0 aromatic carbocycles. The van der Waals surface area contributed by atoms with Gasteiger partial charge in [0.15, 0.2) is 0 Å². The normalized spacial score (nSPS) is 12.5. The SMILES string of the molecule is CNC(=O)C(CC(C)C)NCc1ccncc1. The van der Waals surface area contributed by atoms with Crippen LogP contribution in [0, 0.1) is 5.92 Å². The van der Waals surface area contributed by atoms with Crippen molar-refractivity contribution < 1.29 is 4.79 Å². The molecule has 4 nitrogen and oxygen atoms in total. The summed E-state index contributed by atoms with van der Waals surface area (Å²) in [5.41, 5.74) is 1.14. The molecule has 0 bridgehead atoms. The van der Waals surface area contributed by atoms with Gasteiger partial charge in [-0.15, -0.1) is 0 Å². The third kappa shape index (κ3) is 4.95. The van der Waals surface area contributed by atoms with Crippen LogP contribution in [-0.4, -0.2) is 24.0 Å². The van der Waals surface area contributed by atoms with Gasteiger partial charge in [-0.2, -0.15) is 0 Å². The Labute approximate surface area is 103 Å². The first kappa shape index (κ1) is 13.6. The van der Waals surface area contributed by atoms with Gasteiger partial charge in [-0.25, -0.2) is 0 Å². The summed E-state index contributed by atoms with van der Waals surface area (Å²) >= 11 is 0. The van der Waals surface area contributed by atoms with Gasteiger partial charge >= 0.3 is 0 Å². The Morgan fingerprint density at radius 3 is 2.53 bits per heavy atom. The summed E-state index contributed by atoms with van der Waals surface area (Å²) in [6.45, 7) is 4.92. The molecule has 0 fully saturated rings. The Kier molecular flexibility index (Phi) is 5.63. The molecule has 94 valence electrons. The van der Waals surface area contributed by atoms with Crippen LogP contribution in [0.15, 0.2) is 24.5 Å². The lowest BCUT2D eigenvalue weighted by molar-refractivity contribution is -0.123. The van der Waals surface area contributed by atoms with Crippen molar-refractivity contribution in [2.75, 3.05) is 7.05 Å². The maximum absolute atomic E-state index is 11.7. The standard InChI is InChI=1S/C13H21N3O/c1-10(2)8-12(13(17)14-3)16-9-11-4-6-15-7-5-11/h4-7,10,12,16H,8-9H2,1-3H3,(H,14,17). The smallest absolute Gasteiger partial charge is 0.236 e. The van der Waals surface area contributed by atoms with E-state index in [0.29, 0.717) is 12.5 Å². The highest BCUT2D eigenvalue weighted by atomic mass is 16.2. The van der Waals surface area contributed by atoms with E-state index in [9.17, 15) is 4.79 Å². The summed E-state index contributed by atoms with van der Waals surface area (Å²) in [6.07, 6.45) is 4.35. The highest BCUT2D eigenvalue weighted by Gasteiger charge is 2.17. The highest BCUT2D eigenvalue weighted by Crippen LogP contribution is 2.06. The maximum atomic E-state index is 11.7.